The van der Waals surface area contributed by atoms with Crippen LogP contribution in [0.25, 0.3) is 6.08 Å². The van der Waals surface area contributed by atoms with Gasteiger partial charge in [-0.2, -0.15) is 0 Å². The molecule has 1 N–H and O–H groups in total. The molecule has 0 saturated carbocycles. The van der Waals surface area contributed by atoms with Gasteiger partial charge >= 0.3 is 0 Å². The van der Waals surface area contributed by atoms with Crippen LogP contribution in [0.3, 0.4) is 0 Å². The van der Waals surface area contributed by atoms with Gasteiger partial charge in [-0.05, 0) is 5.56 Å². The summed E-state index contributed by atoms with van der Waals surface area (Å²) in [6.07, 6.45) is 9.16. The van der Waals surface area contributed by atoms with Crippen molar-refractivity contribution >= 4 is 17.9 Å². The summed E-state index contributed by atoms with van der Waals surface area (Å²) in [5.41, 5.74) is 1.69. The fourth-order valence-electron chi connectivity index (χ4n) is 2.90. The van der Waals surface area contributed by atoms with Gasteiger partial charge in [0.1, 0.15) is 0 Å². The highest BCUT2D eigenvalue weighted by Crippen LogP contribution is 2.11. The number of benzene rings is 1. The molecular weight excluding hydrogens is 338 g/mol. The van der Waals surface area contributed by atoms with E-state index >= 15 is 0 Å². The third-order valence-electron chi connectivity index (χ3n) is 4.44. The Balaban J connectivity index is 1.46. The number of amides is 1. The van der Waals surface area contributed by atoms with E-state index in [1.807, 2.05) is 18.2 Å². The van der Waals surface area contributed by atoms with Gasteiger partial charge in [-0.25, -0.2) is 9.97 Å². The lowest BCUT2D eigenvalue weighted by Gasteiger charge is -2.34. The molecule has 6 heteroatoms. The molecule has 1 saturated heterocycles. The number of nitrogens with zero attached hydrogens (tertiary/aromatic N) is 4. The molecule has 1 aliphatic heterocycles. The van der Waals surface area contributed by atoms with Gasteiger partial charge in [-0.1, -0.05) is 48.6 Å². The summed E-state index contributed by atoms with van der Waals surface area (Å²) in [6, 6.07) is 10.3. The fourth-order valence-corrected chi connectivity index (χ4v) is 2.90. The van der Waals surface area contributed by atoms with Gasteiger partial charge in [0.05, 0.1) is 5.56 Å². The van der Waals surface area contributed by atoms with Crippen molar-refractivity contribution in [2.75, 3.05) is 44.2 Å². The smallest absolute Gasteiger partial charge is 0.254 e. The zero-order valence-corrected chi connectivity index (χ0v) is 15.4. The van der Waals surface area contributed by atoms with E-state index in [1.165, 1.54) is 5.56 Å². The van der Waals surface area contributed by atoms with Crippen LogP contribution in [0.15, 0.2) is 61.5 Å². The normalized spacial score (nSPS) is 15.0. The molecular formula is C21H25N5O. The van der Waals surface area contributed by atoms with Crippen molar-refractivity contribution in [1.82, 2.24) is 20.2 Å². The molecule has 0 unspecified atom stereocenters. The van der Waals surface area contributed by atoms with Crippen molar-refractivity contribution in [2.45, 2.75) is 0 Å². The van der Waals surface area contributed by atoms with Crippen LogP contribution in [0.1, 0.15) is 15.9 Å². The van der Waals surface area contributed by atoms with Crippen molar-refractivity contribution in [3.63, 3.8) is 0 Å². The lowest BCUT2D eigenvalue weighted by molar-refractivity contribution is 0.0957. The number of anilines is 1. The summed E-state index contributed by atoms with van der Waals surface area (Å²) in [5, 5.41) is 2.72. The standard InChI is InChI=1S/C21H25N5O/c1-2-10-22-20(27)19-16-23-21(24-17-19)26-14-12-25(13-15-26)11-6-9-18-7-4-3-5-8-18/h2-9,16-17H,1,10-15H2,(H,22,27)/b9-6+. The SMILES string of the molecule is C=CCNC(=O)c1cnc(N2CCN(C/C=C/c3ccccc3)CC2)nc1. The summed E-state index contributed by atoms with van der Waals surface area (Å²) in [7, 11) is 0. The van der Waals surface area contributed by atoms with E-state index in [-0.39, 0.29) is 5.91 Å². The molecule has 1 fully saturated rings. The number of piperazine rings is 1. The number of carbonyl (C=O) groups excluding carboxylic acids is 1. The highest BCUT2D eigenvalue weighted by atomic mass is 16.1. The molecule has 6 nitrogen and oxygen atoms in total. The van der Waals surface area contributed by atoms with Crippen LogP contribution in [0.5, 0.6) is 0 Å². The molecule has 1 aliphatic rings. The molecule has 0 spiro atoms. The van der Waals surface area contributed by atoms with Crippen LogP contribution < -0.4 is 10.2 Å². The minimum Gasteiger partial charge on any atom is -0.348 e. The summed E-state index contributed by atoms with van der Waals surface area (Å²) in [5.74, 6) is 0.492. The molecule has 1 aromatic carbocycles. The average molecular weight is 363 g/mol. The maximum Gasteiger partial charge on any atom is 0.254 e. The first kappa shape index (κ1) is 18.8. The van der Waals surface area contributed by atoms with Crippen molar-refractivity contribution in [2.24, 2.45) is 0 Å². The van der Waals surface area contributed by atoms with Crippen molar-refractivity contribution in [3.05, 3.63) is 72.6 Å². The molecule has 27 heavy (non-hydrogen) atoms. The lowest BCUT2D eigenvalue weighted by atomic mass is 10.2. The first-order valence-electron chi connectivity index (χ1n) is 9.16. The zero-order valence-electron chi connectivity index (χ0n) is 15.4. The first-order chi connectivity index (χ1) is 13.3. The summed E-state index contributed by atoms with van der Waals surface area (Å²) in [6.45, 7) is 8.63. The third-order valence-corrected chi connectivity index (χ3v) is 4.44. The van der Waals surface area contributed by atoms with Gasteiger partial charge in [0.25, 0.3) is 5.91 Å². The van der Waals surface area contributed by atoms with E-state index in [9.17, 15) is 4.79 Å². The second-order valence-corrected chi connectivity index (χ2v) is 6.37. The third kappa shape index (κ3) is 5.49. The van der Waals surface area contributed by atoms with E-state index in [2.05, 4.69) is 55.9 Å². The van der Waals surface area contributed by atoms with Gasteiger partial charge in [0.15, 0.2) is 0 Å². The minimum atomic E-state index is -0.184. The molecule has 0 atom stereocenters. The van der Waals surface area contributed by atoms with Crippen LogP contribution in [-0.4, -0.2) is 60.0 Å². The molecule has 2 heterocycles. The summed E-state index contributed by atoms with van der Waals surface area (Å²) >= 11 is 0. The Morgan fingerprint density at radius 1 is 1.11 bits per heavy atom. The number of hydrogen-bond acceptors (Lipinski definition) is 5. The van der Waals surface area contributed by atoms with E-state index in [1.54, 1.807) is 18.5 Å². The molecule has 1 amide bonds. The molecule has 140 valence electrons. The number of aromatic nitrogens is 2. The quantitative estimate of drug-likeness (QED) is 0.765. The van der Waals surface area contributed by atoms with Gasteiger partial charge in [0, 0.05) is 51.7 Å². The molecule has 2 aromatic rings. The van der Waals surface area contributed by atoms with E-state index in [0.717, 1.165) is 32.7 Å². The topological polar surface area (TPSA) is 61.4 Å². The number of nitrogens with one attached hydrogen (secondary N) is 1. The van der Waals surface area contributed by atoms with E-state index < -0.39 is 0 Å². The van der Waals surface area contributed by atoms with E-state index in [0.29, 0.717) is 18.1 Å². The molecule has 3 rings (SSSR count). The Kier molecular flexibility index (Phi) is 6.71. The predicted octanol–water partition coefficient (Wildman–Crippen LogP) is 2.23. The number of hydrogen-bond donors (Lipinski definition) is 1. The Labute approximate surface area is 160 Å². The van der Waals surface area contributed by atoms with Crippen molar-refractivity contribution in [3.8, 4) is 0 Å². The zero-order chi connectivity index (χ0) is 18.9. The van der Waals surface area contributed by atoms with Crippen LogP contribution in [0.4, 0.5) is 5.95 Å². The summed E-state index contributed by atoms with van der Waals surface area (Å²) in [4.78, 5) is 25.1. The second kappa shape index (κ2) is 9.64. The second-order valence-electron chi connectivity index (χ2n) is 6.37. The number of rotatable bonds is 7. The predicted molar refractivity (Wildman–Crippen MR) is 109 cm³/mol. The highest BCUT2D eigenvalue weighted by Gasteiger charge is 2.18. The Bertz CT molecular complexity index is 765. The highest BCUT2D eigenvalue weighted by molar-refractivity contribution is 5.93. The van der Waals surface area contributed by atoms with Crippen molar-refractivity contribution < 1.29 is 4.79 Å². The molecule has 0 bridgehead atoms. The Hall–Kier alpha value is -2.99. The lowest BCUT2D eigenvalue weighted by Crippen LogP contribution is -2.47. The largest absolute Gasteiger partial charge is 0.348 e. The van der Waals surface area contributed by atoms with Crippen LogP contribution in [-0.2, 0) is 0 Å². The van der Waals surface area contributed by atoms with E-state index in [4.69, 9.17) is 0 Å². The van der Waals surface area contributed by atoms with Gasteiger partial charge < -0.3 is 10.2 Å². The number of carbonyl (C=O) groups is 1. The van der Waals surface area contributed by atoms with Gasteiger partial charge in [-0.15, -0.1) is 6.58 Å². The molecule has 0 radical (unpaired) electrons. The molecule has 0 aliphatic carbocycles. The molecule has 1 aromatic heterocycles. The maximum atomic E-state index is 11.9. The fraction of sp³-hybridized carbons (Fsp3) is 0.286. The Morgan fingerprint density at radius 3 is 2.48 bits per heavy atom. The monoisotopic (exact) mass is 363 g/mol. The average Bonchev–Trinajstić information content (AvgIpc) is 2.73. The van der Waals surface area contributed by atoms with Gasteiger partial charge in [-0.3, -0.25) is 9.69 Å². The maximum absolute atomic E-state index is 11.9. The first-order valence-corrected chi connectivity index (χ1v) is 9.16. The van der Waals surface area contributed by atoms with Crippen LogP contribution in [0, 0.1) is 0 Å². The van der Waals surface area contributed by atoms with Crippen molar-refractivity contribution in [1.29, 1.82) is 0 Å². The van der Waals surface area contributed by atoms with Crippen LogP contribution in [0.2, 0.25) is 0 Å². The summed E-state index contributed by atoms with van der Waals surface area (Å²) < 4.78 is 0. The van der Waals surface area contributed by atoms with Crippen LogP contribution >= 0.6 is 0 Å². The van der Waals surface area contributed by atoms with Gasteiger partial charge in [0.2, 0.25) is 5.95 Å². The Morgan fingerprint density at radius 2 is 1.81 bits per heavy atom. The minimum absolute atomic E-state index is 0.184.